The molecule has 1 aliphatic heterocycles. The Morgan fingerprint density at radius 3 is 2.45 bits per heavy atom. The molecule has 31 heavy (non-hydrogen) atoms. The zero-order chi connectivity index (χ0) is 22.2. The van der Waals surface area contributed by atoms with Crippen molar-refractivity contribution in [2.75, 3.05) is 24.1 Å². The van der Waals surface area contributed by atoms with Crippen LogP contribution in [0.15, 0.2) is 30.3 Å². The van der Waals surface area contributed by atoms with E-state index in [1.165, 1.54) is 0 Å². The predicted octanol–water partition coefficient (Wildman–Crippen LogP) is 2.12. The van der Waals surface area contributed by atoms with Gasteiger partial charge in [0, 0.05) is 11.7 Å². The first-order chi connectivity index (χ1) is 14.8. The maximum atomic E-state index is 8.98. The number of nitrogens with two attached hydrogens (primary N) is 1. The van der Waals surface area contributed by atoms with E-state index in [1.54, 1.807) is 12.1 Å². The quantitative estimate of drug-likeness (QED) is 0.639. The molecule has 0 spiro atoms. The zero-order valence-corrected chi connectivity index (χ0v) is 17.8. The monoisotopic (exact) mass is 407 g/mol. The van der Waals surface area contributed by atoms with Gasteiger partial charge in [0.1, 0.15) is 5.82 Å². The van der Waals surface area contributed by atoms with Gasteiger partial charge in [0.2, 0.25) is 5.95 Å². The predicted molar refractivity (Wildman–Crippen MR) is 124 cm³/mol. The Morgan fingerprint density at radius 1 is 1.13 bits per heavy atom. The van der Waals surface area contributed by atoms with Crippen molar-refractivity contribution in [3.8, 4) is 6.07 Å². The molecule has 0 saturated carbocycles. The Labute approximate surface area is 184 Å². The van der Waals surface area contributed by atoms with Crippen LogP contribution >= 0.6 is 0 Å². The van der Waals surface area contributed by atoms with E-state index in [0.29, 0.717) is 36.1 Å². The highest BCUT2D eigenvalue weighted by Crippen LogP contribution is 2.28. The Kier molecular flexibility index (Phi) is 5.59. The van der Waals surface area contributed by atoms with E-state index < -0.39 is 5.34 Å². The molecule has 0 aliphatic carbocycles. The van der Waals surface area contributed by atoms with Crippen molar-refractivity contribution in [3.05, 3.63) is 52.7 Å². The second-order valence-electron chi connectivity index (χ2n) is 8.13. The number of nitrogen functional groups attached to an aromatic ring is 1. The number of aromatic nitrogens is 3. The van der Waals surface area contributed by atoms with Crippen LogP contribution < -0.4 is 11.1 Å². The van der Waals surface area contributed by atoms with Crippen molar-refractivity contribution in [1.82, 2.24) is 19.9 Å². The van der Waals surface area contributed by atoms with Gasteiger partial charge in [0.05, 0.1) is 32.7 Å². The number of hydrogen-bond acceptors (Lipinski definition) is 7. The van der Waals surface area contributed by atoms with E-state index in [-0.39, 0.29) is 6.04 Å². The number of likely N-dealkylation sites (tertiary alicyclic amines) is 1. The van der Waals surface area contributed by atoms with Gasteiger partial charge in [0.25, 0.3) is 0 Å². The highest BCUT2D eigenvalue weighted by molar-refractivity contribution is 6.39. The van der Waals surface area contributed by atoms with E-state index in [2.05, 4.69) is 31.2 Å². The van der Waals surface area contributed by atoms with Gasteiger partial charge in [-0.05, 0) is 74.4 Å². The normalized spacial score (nSPS) is 15.6. The lowest BCUT2D eigenvalue weighted by Gasteiger charge is -2.44. The standard InChI is InChI=1S/C22H23B2N7/c1-13-11-14(2)27-20-18(13)19(26)29-21(30-20)28-17-7-9-31(10-8-17)22(23,24)16-5-3-15(12-25)4-6-16/h3-6,11,17H,7-10H2,1-2H3,(H3,26,27,28,29,30). The van der Waals surface area contributed by atoms with Crippen molar-refractivity contribution in [2.24, 2.45) is 0 Å². The summed E-state index contributed by atoms with van der Waals surface area (Å²) in [6, 6.07) is 11.3. The molecular weight excluding hydrogens is 384 g/mol. The highest BCUT2D eigenvalue weighted by Gasteiger charge is 2.31. The number of benzene rings is 1. The highest BCUT2D eigenvalue weighted by atomic mass is 15.2. The van der Waals surface area contributed by atoms with Crippen molar-refractivity contribution in [1.29, 1.82) is 5.26 Å². The lowest BCUT2D eigenvalue weighted by molar-refractivity contribution is 0.177. The zero-order valence-electron chi connectivity index (χ0n) is 17.8. The molecule has 3 aromatic rings. The van der Waals surface area contributed by atoms with Gasteiger partial charge < -0.3 is 16.0 Å². The lowest BCUT2D eigenvalue weighted by Crippen LogP contribution is -2.52. The van der Waals surface area contributed by atoms with Crippen LogP contribution in [0.3, 0.4) is 0 Å². The van der Waals surface area contributed by atoms with E-state index in [9.17, 15) is 0 Å². The Morgan fingerprint density at radius 2 is 1.81 bits per heavy atom. The summed E-state index contributed by atoms with van der Waals surface area (Å²) in [7, 11) is 12.9. The van der Waals surface area contributed by atoms with Crippen LogP contribution in [0.4, 0.5) is 11.8 Å². The molecule has 1 saturated heterocycles. The molecule has 0 unspecified atom stereocenters. The van der Waals surface area contributed by atoms with Crippen LogP contribution in [0.25, 0.3) is 11.0 Å². The first-order valence-electron chi connectivity index (χ1n) is 10.3. The molecular formula is C22H23B2N7. The van der Waals surface area contributed by atoms with Gasteiger partial charge >= 0.3 is 0 Å². The number of nitrogens with zero attached hydrogens (tertiary/aromatic N) is 5. The minimum Gasteiger partial charge on any atom is -0.383 e. The summed E-state index contributed by atoms with van der Waals surface area (Å²) in [5.41, 5.74) is 10.1. The number of aryl methyl sites for hydroxylation is 2. The first-order valence-corrected chi connectivity index (χ1v) is 10.3. The summed E-state index contributed by atoms with van der Waals surface area (Å²) < 4.78 is 0. The van der Waals surface area contributed by atoms with E-state index in [0.717, 1.165) is 35.0 Å². The number of nitrogens with one attached hydrogen (secondary N) is 1. The molecule has 1 aliphatic rings. The van der Waals surface area contributed by atoms with Crippen LogP contribution in [-0.4, -0.2) is 54.7 Å². The molecule has 4 radical (unpaired) electrons. The van der Waals surface area contributed by atoms with E-state index >= 15 is 0 Å². The average Bonchev–Trinajstić information content (AvgIpc) is 2.73. The number of rotatable bonds is 4. The summed E-state index contributed by atoms with van der Waals surface area (Å²) in [6.07, 6.45) is 1.65. The summed E-state index contributed by atoms with van der Waals surface area (Å²) >= 11 is 0. The third kappa shape index (κ3) is 4.21. The van der Waals surface area contributed by atoms with Crippen LogP contribution in [0.5, 0.6) is 0 Å². The van der Waals surface area contributed by atoms with E-state index in [1.807, 2.05) is 32.0 Å². The Hall–Kier alpha value is -3.11. The minimum absolute atomic E-state index is 0.177. The molecule has 152 valence electrons. The third-order valence-corrected chi connectivity index (χ3v) is 5.85. The molecule has 3 heterocycles. The van der Waals surface area contributed by atoms with E-state index in [4.69, 9.17) is 26.7 Å². The van der Waals surface area contributed by atoms with Gasteiger partial charge in [-0.15, -0.1) is 0 Å². The fourth-order valence-corrected chi connectivity index (χ4v) is 4.15. The molecule has 0 bridgehead atoms. The fourth-order valence-electron chi connectivity index (χ4n) is 4.15. The molecule has 9 heteroatoms. The minimum atomic E-state index is -1.10. The molecule has 0 atom stereocenters. The number of hydrogen-bond donors (Lipinski definition) is 2. The third-order valence-electron chi connectivity index (χ3n) is 5.85. The van der Waals surface area contributed by atoms with Crippen molar-refractivity contribution < 1.29 is 0 Å². The van der Waals surface area contributed by atoms with Crippen LogP contribution in [-0.2, 0) is 5.34 Å². The molecule has 0 amide bonds. The maximum absolute atomic E-state index is 8.98. The molecule has 3 N–H and O–H groups in total. The van der Waals surface area contributed by atoms with Gasteiger partial charge in [-0.2, -0.15) is 15.2 Å². The summed E-state index contributed by atoms with van der Waals surface area (Å²) in [6.45, 7) is 5.35. The lowest BCUT2D eigenvalue weighted by atomic mass is 9.56. The largest absolute Gasteiger partial charge is 0.383 e. The Bertz CT molecular complexity index is 1150. The van der Waals surface area contributed by atoms with Crippen LogP contribution in [0.1, 0.15) is 35.2 Å². The molecule has 1 fully saturated rings. The summed E-state index contributed by atoms with van der Waals surface area (Å²) in [4.78, 5) is 15.6. The van der Waals surface area contributed by atoms with Gasteiger partial charge in [-0.1, -0.05) is 12.1 Å². The first kappa shape index (κ1) is 21.1. The fraction of sp³-hybridized carbons (Fsp3) is 0.364. The number of pyridine rings is 1. The second-order valence-corrected chi connectivity index (χ2v) is 8.13. The Balaban J connectivity index is 1.45. The van der Waals surface area contributed by atoms with Crippen molar-refractivity contribution >= 4 is 38.5 Å². The molecule has 2 aromatic heterocycles. The molecule has 1 aromatic carbocycles. The topological polar surface area (TPSA) is 104 Å². The van der Waals surface area contributed by atoms with Crippen LogP contribution in [0.2, 0.25) is 0 Å². The number of fused-ring (bicyclic) bond motifs is 1. The van der Waals surface area contributed by atoms with Gasteiger partial charge in [0.15, 0.2) is 5.65 Å². The van der Waals surface area contributed by atoms with Gasteiger partial charge in [-0.3, -0.25) is 0 Å². The van der Waals surface area contributed by atoms with Crippen molar-refractivity contribution in [3.63, 3.8) is 0 Å². The second kappa shape index (κ2) is 8.20. The number of nitriles is 1. The number of anilines is 2. The smallest absolute Gasteiger partial charge is 0.226 e. The average molecular weight is 407 g/mol. The van der Waals surface area contributed by atoms with Crippen molar-refractivity contribution in [2.45, 2.75) is 38.1 Å². The van der Waals surface area contributed by atoms with Crippen LogP contribution in [0, 0.1) is 25.2 Å². The summed E-state index contributed by atoms with van der Waals surface area (Å²) in [5, 5.41) is 12.1. The summed E-state index contributed by atoms with van der Waals surface area (Å²) in [5.74, 6) is 0.915. The van der Waals surface area contributed by atoms with Gasteiger partial charge in [-0.25, -0.2) is 4.98 Å². The maximum Gasteiger partial charge on any atom is 0.226 e. The number of piperidine rings is 1. The molecule has 7 nitrogen and oxygen atoms in total. The SMILES string of the molecule is [B]C([B])(c1ccc(C#N)cc1)N1CCC(Nc2nc(N)c3c(C)cc(C)nc3n2)CC1. The molecule has 4 rings (SSSR count).